The first-order chi connectivity index (χ1) is 24.3. The van der Waals surface area contributed by atoms with Crippen LogP contribution in [0, 0.1) is 5.41 Å². The van der Waals surface area contributed by atoms with Gasteiger partial charge < -0.3 is 25.2 Å². The number of carbonyl (C=O) groups excluding carboxylic acids is 3. The maximum atomic E-state index is 14.2. The van der Waals surface area contributed by atoms with Crippen LogP contribution in [0.4, 0.5) is 26.0 Å². The molecule has 4 aliphatic rings. The second-order valence-electron chi connectivity index (χ2n) is 13.0. The molecule has 1 spiro atoms. The van der Waals surface area contributed by atoms with Crippen molar-refractivity contribution in [3.63, 3.8) is 0 Å². The monoisotopic (exact) mass is 713 g/mol. The molecule has 2 fully saturated rings. The molecule has 2 saturated heterocycles. The molecule has 0 bridgehead atoms. The van der Waals surface area contributed by atoms with Gasteiger partial charge in [0.15, 0.2) is 0 Å². The van der Waals surface area contributed by atoms with Crippen LogP contribution in [-0.2, 0) is 11.2 Å². The summed E-state index contributed by atoms with van der Waals surface area (Å²) in [7, 11) is 0. The minimum absolute atomic E-state index is 0.00630. The van der Waals surface area contributed by atoms with E-state index in [9.17, 15) is 23.2 Å². The maximum Gasteiger partial charge on any atom is 0.265 e. The number of ether oxygens (including phenoxy) is 1. The predicted molar refractivity (Wildman–Crippen MR) is 191 cm³/mol. The lowest BCUT2D eigenvalue weighted by atomic mass is 9.73. The molecule has 1 unspecified atom stereocenters. The van der Waals surface area contributed by atoms with Gasteiger partial charge >= 0.3 is 0 Å². The SMILES string of the molecule is O=C(NC1=CCC(F)C=C1F)c1cc2c(s1)-c1sccc1N(C(=O)c1ccc(NC(=O)c3cccnc3N3CC4(CCOCC4)C3)cc1)CC2. The number of thiophene rings is 2. The molecular weight excluding hydrogens is 681 g/mol. The number of hydrogen-bond donors (Lipinski definition) is 2. The number of pyridine rings is 1. The van der Waals surface area contributed by atoms with E-state index in [2.05, 4.69) is 20.5 Å². The standard InChI is InChI=1S/C37H33F2N5O4S2/c38-24-5-8-28(27(39)19-24)42-35(46)30-18-23-9-14-44(29-10-17-49-32(29)31(23)50-30)36(47)22-3-6-25(7-4-22)41-34(45)26-2-1-13-40-33(26)43-20-37(21-43)11-15-48-16-12-37/h1-4,6-8,10,13,17-19,24H,5,9,11-12,14-16,20-21H2,(H,41,45)(H,42,46). The summed E-state index contributed by atoms with van der Waals surface area (Å²) in [6.07, 6.45) is 5.08. The minimum Gasteiger partial charge on any atom is -0.381 e. The number of benzene rings is 1. The second kappa shape index (κ2) is 13.2. The van der Waals surface area contributed by atoms with Gasteiger partial charge in [-0.05, 0) is 84.8 Å². The molecule has 3 amide bonds. The van der Waals surface area contributed by atoms with Crippen LogP contribution in [0.1, 0.15) is 55.2 Å². The lowest BCUT2D eigenvalue weighted by Crippen LogP contribution is -2.59. The van der Waals surface area contributed by atoms with Crippen LogP contribution in [0.2, 0.25) is 0 Å². The molecule has 50 heavy (non-hydrogen) atoms. The summed E-state index contributed by atoms with van der Waals surface area (Å²) in [5.41, 5.74) is 3.43. The average molecular weight is 714 g/mol. The number of aromatic nitrogens is 1. The van der Waals surface area contributed by atoms with Crippen LogP contribution in [0.25, 0.3) is 9.75 Å². The highest BCUT2D eigenvalue weighted by Crippen LogP contribution is 2.45. The number of halogens is 2. The molecule has 4 aromatic rings. The van der Waals surface area contributed by atoms with Crippen LogP contribution < -0.4 is 20.4 Å². The van der Waals surface area contributed by atoms with Crippen LogP contribution in [0.3, 0.4) is 0 Å². The van der Waals surface area contributed by atoms with E-state index in [1.165, 1.54) is 28.7 Å². The number of anilines is 3. The molecule has 9 nitrogen and oxygen atoms in total. The first-order valence-corrected chi connectivity index (χ1v) is 18.2. The average Bonchev–Trinajstić information content (AvgIpc) is 3.74. The first-order valence-electron chi connectivity index (χ1n) is 16.5. The molecule has 2 N–H and O–H groups in total. The lowest BCUT2D eigenvalue weighted by molar-refractivity contribution is -0.000510. The summed E-state index contributed by atoms with van der Waals surface area (Å²) in [5, 5.41) is 7.45. The lowest BCUT2D eigenvalue weighted by Gasteiger charge is -2.53. The molecule has 3 aromatic heterocycles. The summed E-state index contributed by atoms with van der Waals surface area (Å²) < 4.78 is 33.2. The van der Waals surface area contributed by atoms with Gasteiger partial charge in [-0.25, -0.2) is 13.8 Å². The summed E-state index contributed by atoms with van der Waals surface area (Å²) in [5.74, 6) is -1.01. The highest BCUT2D eigenvalue weighted by atomic mass is 32.1. The number of nitrogens with one attached hydrogen (secondary N) is 2. The zero-order valence-electron chi connectivity index (χ0n) is 26.9. The Morgan fingerprint density at radius 3 is 2.58 bits per heavy atom. The number of amides is 3. The summed E-state index contributed by atoms with van der Waals surface area (Å²) in [4.78, 5) is 50.9. The third-order valence-electron chi connectivity index (χ3n) is 9.73. The molecule has 3 aliphatic heterocycles. The van der Waals surface area contributed by atoms with Gasteiger partial charge in [-0.15, -0.1) is 22.7 Å². The van der Waals surface area contributed by atoms with Crippen molar-refractivity contribution in [2.24, 2.45) is 5.41 Å². The van der Waals surface area contributed by atoms with E-state index in [-0.39, 0.29) is 29.3 Å². The fourth-order valence-electron chi connectivity index (χ4n) is 7.02. The molecular formula is C37H33F2N5O4S2. The van der Waals surface area contributed by atoms with E-state index >= 15 is 0 Å². The van der Waals surface area contributed by atoms with E-state index in [0.717, 1.165) is 66.2 Å². The van der Waals surface area contributed by atoms with E-state index in [1.807, 2.05) is 11.4 Å². The van der Waals surface area contributed by atoms with Crippen molar-refractivity contribution in [2.45, 2.75) is 31.9 Å². The molecule has 13 heteroatoms. The molecule has 1 aliphatic carbocycles. The molecule has 8 rings (SSSR count). The Morgan fingerprint density at radius 2 is 1.80 bits per heavy atom. The number of nitrogens with zero attached hydrogens (tertiary/aromatic N) is 3. The maximum absolute atomic E-state index is 14.2. The van der Waals surface area contributed by atoms with Crippen LogP contribution in [0.5, 0.6) is 0 Å². The Kier molecular flexibility index (Phi) is 8.57. The number of carbonyl (C=O) groups is 3. The molecule has 0 radical (unpaired) electrons. The fourth-order valence-corrected chi connectivity index (χ4v) is 9.21. The number of alkyl halides is 1. The number of rotatable bonds is 6. The van der Waals surface area contributed by atoms with Gasteiger partial charge in [-0.1, -0.05) is 6.08 Å². The van der Waals surface area contributed by atoms with Crippen LogP contribution in [-0.4, -0.2) is 61.7 Å². The van der Waals surface area contributed by atoms with E-state index < -0.39 is 17.9 Å². The van der Waals surface area contributed by atoms with E-state index in [4.69, 9.17) is 4.74 Å². The summed E-state index contributed by atoms with van der Waals surface area (Å²) >= 11 is 2.77. The van der Waals surface area contributed by atoms with Crippen LogP contribution >= 0.6 is 22.7 Å². The third kappa shape index (κ3) is 6.14. The highest BCUT2D eigenvalue weighted by molar-refractivity contribution is 7.23. The van der Waals surface area contributed by atoms with Crippen LogP contribution in [0.15, 0.2) is 83.8 Å². The van der Waals surface area contributed by atoms with Gasteiger partial charge in [-0.3, -0.25) is 14.4 Å². The zero-order chi connectivity index (χ0) is 34.4. The zero-order valence-corrected chi connectivity index (χ0v) is 28.5. The van der Waals surface area contributed by atoms with E-state index in [1.54, 1.807) is 53.6 Å². The van der Waals surface area contributed by atoms with Gasteiger partial charge in [0.1, 0.15) is 17.8 Å². The molecule has 1 atom stereocenters. The quantitative estimate of drug-likeness (QED) is 0.220. The first kappa shape index (κ1) is 32.5. The van der Waals surface area contributed by atoms with Crippen molar-refractivity contribution in [2.75, 3.05) is 48.0 Å². The Morgan fingerprint density at radius 1 is 1.00 bits per heavy atom. The topological polar surface area (TPSA) is 104 Å². The number of allylic oxidation sites excluding steroid dienone is 3. The molecule has 6 heterocycles. The molecule has 0 saturated carbocycles. The van der Waals surface area contributed by atoms with Gasteiger partial charge in [0, 0.05) is 62.1 Å². The number of fused-ring (bicyclic) bond motifs is 3. The largest absolute Gasteiger partial charge is 0.381 e. The molecule has 1 aromatic carbocycles. The Hall–Kier alpha value is -4.72. The van der Waals surface area contributed by atoms with Gasteiger partial charge in [0.25, 0.3) is 17.7 Å². The van der Waals surface area contributed by atoms with Crippen molar-refractivity contribution in [3.05, 3.63) is 105 Å². The third-order valence-corrected chi connectivity index (χ3v) is 12.0. The van der Waals surface area contributed by atoms with Crippen molar-refractivity contribution in [3.8, 4) is 9.75 Å². The van der Waals surface area contributed by atoms with Gasteiger partial charge in [0.2, 0.25) is 0 Å². The summed E-state index contributed by atoms with van der Waals surface area (Å²) in [6, 6.07) is 14.1. The second-order valence-corrected chi connectivity index (χ2v) is 15.0. The Labute approximate surface area is 295 Å². The Bertz CT molecular complexity index is 2040. The predicted octanol–water partition coefficient (Wildman–Crippen LogP) is 7.15. The van der Waals surface area contributed by atoms with Gasteiger partial charge in [-0.2, -0.15) is 0 Å². The van der Waals surface area contributed by atoms with Crippen molar-refractivity contribution < 1.29 is 27.9 Å². The normalized spacial score (nSPS) is 19.4. The van der Waals surface area contributed by atoms with Gasteiger partial charge in [0.05, 0.1) is 31.6 Å². The highest BCUT2D eigenvalue weighted by Gasteiger charge is 2.45. The Balaban J connectivity index is 0.941. The number of hydrogen-bond acceptors (Lipinski definition) is 8. The smallest absolute Gasteiger partial charge is 0.265 e. The van der Waals surface area contributed by atoms with Crippen molar-refractivity contribution in [1.29, 1.82) is 0 Å². The molecule has 256 valence electrons. The fraction of sp³-hybridized carbons (Fsp3) is 0.297. The van der Waals surface area contributed by atoms with E-state index in [0.29, 0.717) is 40.5 Å². The van der Waals surface area contributed by atoms with Crippen molar-refractivity contribution >= 4 is 57.6 Å². The minimum atomic E-state index is -1.40. The summed E-state index contributed by atoms with van der Waals surface area (Å²) in [6.45, 7) is 3.66. The van der Waals surface area contributed by atoms with Crippen molar-refractivity contribution in [1.82, 2.24) is 10.3 Å².